The van der Waals surface area contributed by atoms with Crippen LogP contribution in [0.3, 0.4) is 0 Å². The molecule has 0 atom stereocenters. The van der Waals surface area contributed by atoms with E-state index in [1.165, 1.54) is 54.5 Å². The maximum Gasteiger partial charge on any atom is 0.150 e. The summed E-state index contributed by atoms with van der Waals surface area (Å²) in [5, 5.41) is 2.23. The van der Waals surface area contributed by atoms with E-state index in [-0.39, 0.29) is 0 Å². The quantitative estimate of drug-likeness (QED) is 0.565. The Labute approximate surface area is 188 Å². The summed E-state index contributed by atoms with van der Waals surface area (Å²) in [4.78, 5) is 13.5. The van der Waals surface area contributed by atoms with Crippen molar-refractivity contribution < 1.29 is 4.74 Å². The van der Waals surface area contributed by atoms with Crippen LogP contribution < -0.4 is 0 Å². The third-order valence-corrected chi connectivity index (χ3v) is 8.26. The van der Waals surface area contributed by atoms with E-state index in [1.54, 1.807) is 11.3 Å². The fourth-order valence-corrected chi connectivity index (χ4v) is 6.21. The van der Waals surface area contributed by atoms with Crippen molar-refractivity contribution in [2.45, 2.75) is 57.9 Å². The monoisotopic (exact) mass is 442 g/mol. The minimum absolute atomic E-state index is 0.595. The van der Waals surface area contributed by atoms with Crippen molar-refractivity contribution >= 4 is 35.2 Å². The number of nitrogens with zero attached hydrogens (tertiary/aromatic N) is 4. The van der Waals surface area contributed by atoms with E-state index in [2.05, 4.69) is 50.0 Å². The maximum absolute atomic E-state index is 5.64. The Morgan fingerprint density at radius 2 is 1.97 bits per heavy atom. The predicted molar refractivity (Wildman–Crippen MR) is 127 cm³/mol. The molecule has 0 bridgehead atoms. The minimum atomic E-state index is 0.595. The lowest BCUT2D eigenvalue weighted by atomic mass is 9.81. The van der Waals surface area contributed by atoms with Gasteiger partial charge in [-0.25, -0.2) is 9.97 Å². The van der Waals surface area contributed by atoms with Gasteiger partial charge < -0.3 is 4.74 Å². The van der Waals surface area contributed by atoms with Gasteiger partial charge in [0.25, 0.3) is 0 Å². The molecule has 0 amide bonds. The number of thiol groups is 1. The van der Waals surface area contributed by atoms with Gasteiger partial charge in [-0.3, -0.25) is 8.87 Å². The number of aryl methyl sites for hydroxylation is 2. The Kier molecular flexibility index (Phi) is 5.88. The molecule has 3 aromatic rings. The van der Waals surface area contributed by atoms with Crippen LogP contribution in [0.1, 0.15) is 54.2 Å². The van der Waals surface area contributed by atoms with E-state index in [9.17, 15) is 0 Å². The summed E-state index contributed by atoms with van der Waals surface area (Å²) in [7, 11) is 0. The van der Waals surface area contributed by atoms with E-state index in [0.717, 1.165) is 47.7 Å². The SMILES string of the molecule is Cc1nc(-c2cn(S)c3ncc(C4CCC(N5CCCOCC5)CC4)cc23)sc1C. The predicted octanol–water partition coefficient (Wildman–Crippen LogP) is 5.22. The van der Waals surface area contributed by atoms with Crippen molar-refractivity contribution in [3.8, 4) is 10.6 Å². The Morgan fingerprint density at radius 3 is 2.73 bits per heavy atom. The van der Waals surface area contributed by atoms with Crippen LogP contribution >= 0.6 is 24.2 Å². The highest BCUT2D eigenvalue weighted by Gasteiger charge is 2.28. The van der Waals surface area contributed by atoms with Gasteiger partial charge in [-0.05, 0) is 63.5 Å². The molecule has 0 N–H and O–H groups in total. The molecule has 0 unspecified atom stereocenters. The molecule has 0 spiro atoms. The van der Waals surface area contributed by atoms with Crippen LogP contribution in [0.5, 0.6) is 0 Å². The molecule has 160 valence electrons. The molecule has 2 aliphatic rings. The average Bonchev–Trinajstić information content (AvgIpc) is 3.13. The molecular formula is C23H30N4OS2. The van der Waals surface area contributed by atoms with Crippen LogP contribution in [-0.4, -0.2) is 51.2 Å². The Bertz CT molecular complexity index is 1010. The molecular weight excluding hydrogens is 412 g/mol. The number of rotatable bonds is 3. The number of thiazole rings is 1. The second-order valence-corrected chi connectivity index (χ2v) is 10.3. The highest BCUT2D eigenvalue weighted by Crippen LogP contribution is 2.39. The van der Waals surface area contributed by atoms with Crippen LogP contribution in [0.25, 0.3) is 21.6 Å². The van der Waals surface area contributed by atoms with Crippen LogP contribution in [0.4, 0.5) is 0 Å². The van der Waals surface area contributed by atoms with E-state index in [0.29, 0.717) is 5.92 Å². The van der Waals surface area contributed by atoms with Crippen molar-refractivity contribution in [3.05, 3.63) is 34.6 Å². The van der Waals surface area contributed by atoms with Gasteiger partial charge in [-0.1, -0.05) is 12.8 Å². The van der Waals surface area contributed by atoms with Gasteiger partial charge in [-0.2, -0.15) is 0 Å². The second kappa shape index (κ2) is 8.61. The first-order valence-corrected chi connectivity index (χ1v) is 12.3. The molecule has 4 heterocycles. The van der Waals surface area contributed by atoms with Gasteiger partial charge in [0.15, 0.2) is 0 Å². The third kappa shape index (κ3) is 3.93. The number of fused-ring (bicyclic) bond motifs is 1. The summed E-state index contributed by atoms with van der Waals surface area (Å²) < 4.78 is 7.48. The molecule has 0 aromatic carbocycles. The molecule has 7 heteroatoms. The van der Waals surface area contributed by atoms with E-state index in [4.69, 9.17) is 14.7 Å². The van der Waals surface area contributed by atoms with Crippen LogP contribution in [0.15, 0.2) is 18.5 Å². The van der Waals surface area contributed by atoms with Crippen molar-refractivity contribution in [2.75, 3.05) is 26.3 Å². The van der Waals surface area contributed by atoms with Gasteiger partial charge >= 0.3 is 0 Å². The Hall–Kier alpha value is -1.41. The molecule has 30 heavy (non-hydrogen) atoms. The number of hydrogen-bond donors (Lipinski definition) is 1. The van der Waals surface area contributed by atoms with Crippen molar-refractivity contribution in [1.29, 1.82) is 0 Å². The van der Waals surface area contributed by atoms with Crippen molar-refractivity contribution in [2.24, 2.45) is 0 Å². The molecule has 3 aromatic heterocycles. The Balaban J connectivity index is 1.37. The fourth-order valence-electron chi connectivity index (χ4n) is 4.99. The molecule has 1 aliphatic heterocycles. The summed E-state index contributed by atoms with van der Waals surface area (Å²) in [6.07, 6.45) is 10.3. The minimum Gasteiger partial charge on any atom is -0.380 e. The third-order valence-electron chi connectivity index (χ3n) is 6.85. The van der Waals surface area contributed by atoms with Crippen LogP contribution in [-0.2, 0) is 4.74 Å². The van der Waals surface area contributed by atoms with Crippen molar-refractivity contribution in [3.63, 3.8) is 0 Å². The Morgan fingerprint density at radius 1 is 1.13 bits per heavy atom. The number of ether oxygens (including phenoxy) is 1. The molecule has 0 radical (unpaired) electrons. The molecule has 1 aliphatic carbocycles. The smallest absolute Gasteiger partial charge is 0.150 e. The first-order chi connectivity index (χ1) is 14.6. The van der Waals surface area contributed by atoms with Gasteiger partial charge in [0.1, 0.15) is 10.7 Å². The first-order valence-electron chi connectivity index (χ1n) is 11.1. The molecule has 5 nitrogen and oxygen atoms in total. The summed E-state index contributed by atoms with van der Waals surface area (Å²) in [5.74, 6) is 0.595. The average molecular weight is 443 g/mol. The van der Waals surface area contributed by atoms with Gasteiger partial charge in [0, 0.05) is 54.0 Å². The first kappa shape index (κ1) is 20.5. The summed E-state index contributed by atoms with van der Waals surface area (Å²) in [6, 6.07) is 3.07. The highest BCUT2D eigenvalue weighted by molar-refractivity contribution is 7.78. The summed E-state index contributed by atoms with van der Waals surface area (Å²) in [5.41, 5.74) is 4.54. The lowest BCUT2D eigenvalue weighted by Gasteiger charge is -2.36. The topological polar surface area (TPSA) is 43.2 Å². The van der Waals surface area contributed by atoms with Gasteiger partial charge in [0.2, 0.25) is 0 Å². The van der Waals surface area contributed by atoms with Crippen LogP contribution in [0.2, 0.25) is 0 Å². The number of pyridine rings is 1. The molecule has 1 saturated heterocycles. The standard InChI is InChI=1S/C23H30N4OS2/c1-15-16(2)30-23(25-15)21-14-27(29)22-20(21)12-18(13-24-22)17-4-6-19(7-5-17)26-8-3-10-28-11-9-26/h12-14,17,19,29H,3-11H2,1-2H3. The molecule has 2 fully saturated rings. The number of hydrogen-bond acceptors (Lipinski definition) is 6. The molecule has 1 saturated carbocycles. The zero-order valence-electron chi connectivity index (χ0n) is 17.8. The van der Waals surface area contributed by atoms with Gasteiger partial charge in [-0.15, -0.1) is 11.3 Å². The zero-order valence-corrected chi connectivity index (χ0v) is 19.5. The van der Waals surface area contributed by atoms with Crippen molar-refractivity contribution in [1.82, 2.24) is 18.8 Å². The largest absolute Gasteiger partial charge is 0.380 e. The maximum atomic E-state index is 5.64. The van der Waals surface area contributed by atoms with E-state index in [1.807, 2.05) is 3.97 Å². The summed E-state index contributed by atoms with van der Waals surface area (Å²) in [6.45, 7) is 8.30. The van der Waals surface area contributed by atoms with E-state index < -0.39 is 0 Å². The second-order valence-electron chi connectivity index (χ2n) is 8.70. The summed E-state index contributed by atoms with van der Waals surface area (Å²) >= 11 is 6.36. The molecule has 5 rings (SSSR count). The zero-order chi connectivity index (χ0) is 20.7. The fraction of sp³-hybridized carbons (Fsp3) is 0.565. The highest BCUT2D eigenvalue weighted by atomic mass is 32.1. The lowest BCUT2D eigenvalue weighted by Crippen LogP contribution is -2.39. The lowest BCUT2D eigenvalue weighted by molar-refractivity contribution is 0.118. The van der Waals surface area contributed by atoms with Crippen LogP contribution in [0, 0.1) is 13.8 Å². The number of aromatic nitrogens is 3. The van der Waals surface area contributed by atoms with E-state index >= 15 is 0 Å². The normalized spacial score (nSPS) is 23.7. The van der Waals surface area contributed by atoms with Gasteiger partial charge in [0.05, 0.1) is 12.3 Å².